The van der Waals surface area contributed by atoms with Crippen LogP contribution in [0.15, 0.2) is 22.7 Å². The Balaban J connectivity index is 2.83. The number of hydrogen-bond donors (Lipinski definition) is 1. The maximum absolute atomic E-state index is 11.8. The van der Waals surface area contributed by atoms with E-state index in [9.17, 15) is 8.42 Å². The molecule has 3 nitrogen and oxygen atoms in total. The van der Waals surface area contributed by atoms with Crippen molar-refractivity contribution in [1.29, 1.82) is 0 Å². The van der Waals surface area contributed by atoms with E-state index in [1.165, 1.54) is 0 Å². The Hall–Kier alpha value is 0.0300. The Morgan fingerprint density at radius 3 is 2.65 bits per heavy atom. The third kappa shape index (κ3) is 5.04. The maximum Gasteiger partial charge on any atom is 0.233 e. The smallest absolute Gasteiger partial charge is 0.233 e. The van der Waals surface area contributed by atoms with E-state index in [4.69, 9.17) is 23.2 Å². The standard InChI is InChI=1S/C10H12BrCl2NO2S/c1-7(5-12)6-17(15,16)14-10-3-2-8(13)4-9(10)11/h2-4,7,14H,5-6H2,1H3. The van der Waals surface area contributed by atoms with Gasteiger partial charge in [-0.1, -0.05) is 18.5 Å². The van der Waals surface area contributed by atoms with Gasteiger partial charge in [-0.05, 0) is 40.0 Å². The zero-order chi connectivity index (χ0) is 13.1. The zero-order valence-electron chi connectivity index (χ0n) is 9.08. The largest absolute Gasteiger partial charge is 0.282 e. The first-order valence-corrected chi connectivity index (χ1v) is 8.21. The predicted octanol–water partition coefficient (Wildman–Crippen LogP) is 3.72. The number of nitrogens with one attached hydrogen (secondary N) is 1. The normalized spacial score (nSPS) is 13.4. The Kier molecular flexibility index (Phi) is 5.57. The fourth-order valence-corrected chi connectivity index (χ4v) is 3.82. The zero-order valence-corrected chi connectivity index (χ0v) is 13.0. The molecule has 1 atom stereocenters. The molecule has 7 heteroatoms. The van der Waals surface area contributed by atoms with Gasteiger partial charge in [-0.25, -0.2) is 8.42 Å². The van der Waals surface area contributed by atoms with Gasteiger partial charge in [-0.3, -0.25) is 4.72 Å². The summed E-state index contributed by atoms with van der Waals surface area (Å²) in [6.07, 6.45) is 0. The summed E-state index contributed by atoms with van der Waals surface area (Å²) in [5.41, 5.74) is 0.469. The average Bonchev–Trinajstić information content (AvgIpc) is 2.21. The summed E-state index contributed by atoms with van der Waals surface area (Å²) >= 11 is 14.6. The summed E-state index contributed by atoms with van der Waals surface area (Å²) in [7, 11) is -3.39. The molecule has 0 bridgehead atoms. The minimum Gasteiger partial charge on any atom is -0.282 e. The molecule has 1 rings (SSSR count). The number of halogens is 3. The first-order valence-electron chi connectivity index (χ1n) is 4.85. The highest BCUT2D eigenvalue weighted by molar-refractivity contribution is 9.10. The van der Waals surface area contributed by atoms with Crippen LogP contribution >= 0.6 is 39.1 Å². The second-order valence-corrected chi connectivity index (χ2v) is 7.13. The first kappa shape index (κ1) is 15.1. The Labute approximate surface area is 120 Å². The lowest BCUT2D eigenvalue weighted by molar-refractivity contribution is 0.588. The molecule has 0 aliphatic carbocycles. The third-order valence-corrected chi connectivity index (χ3v) is 4.92. The summed E-state index contributed by atoms with van der Waals surface area (Å²) < 4.78 is 26.7. The Morgan fingerprint density at radius 1 is 1.47 bits per heavy atom. The van der Waals surface area contributed by atoms with Gasteiger partial charge in [0.15, 0.2) is 0 Å². The summed E-state index contributed by atoms with van der Waals surface area (Å²) in [6, 6.07) is 4.86. The van der Waals surface area contributed by atoms with Crippen LogP contribution in [0.1, 0.15) is 6.92 Å². The summed E-state index contributed by atoms with van der Waals surface area (Å²) in [4.78, 5) is 0. The number of anilines is 1. The molecule has 0 aliphatic rings. The lowest BCUT2D eigenvalue weighted by Gasteiger charge is -2.12. The van der Waals surface area contributed by atoms with Crippen molar-refractivity contribution in [2.45, 2.75) is 6.92 Å². The van der Waals surface area contributed by atoms with E-state index >= 15 is 0 Å². The van der Waals surface area contributed by atoms with Gasteiger partial charge in [0, 0.05) is 15.4 Å². The number of sulfonamides is 1. The van der Waals surface area contributed by atoms with Crippen molar-refractivity contribution in [3.05, 3.63) is 27.7 Å². The molecule has 0 saturated heterocycles. The SMILES string of the molecule is CC(CCl)CS(=O)(=O)Nc1ccc(Cl)cc1Br. The van der Waals surface area contributed by atoms with E-state index in [2.05, 4.69) is 20.7 Å². The molecule has 0 aliphatic heterocycles. The van der Waals surface area contributed by atoms with E-state index < -0.39 is 10.0 Å². The van der Waals surface area contributed by atoms with E-state index in [1.807, 2.05) is 0 Å². The van der Waals surface area contributed by atoms with Crippen LogP contribution in [0.25, 0.3) is 0 Å². The van der Waals surface area contributed by atoms with Gasteiger partial charge in [0.1, 0.15) is 0 Å². The highest BCUT2D eigenvalue weighted by atomic mass is 79.9. The fraction of sp³-hybridized carbons (Fsp3) is 0.400. The molecule has 1 unspecified atom stereocenters. The highest BCUT2D eigenvalue weighted by Crippen LogP contribution is 2.26. The van der Waals surface area contributed by atoms with Crippen LogP contribution in [-0.4, -0.2) is 20.1 Å². The van der Waals surface area contributed by atoms with E-state index in [-0.39, 0.29) is 11.7 Å². The van der Waals surface area contributed by atoms with Crippen LogP contribution in [0.5, 0.6) is 0 Å². The van der Waals surface area contributed by atoms with Crippen molar-refractivity contribution in [3.63, 3.8) is 0 Å². The van der Waals surface area contributed by atoms with Gasteiger partial charge in [-0.2, -0.15) is 0 Å². The summed E-state index contributed by atoms with van der Waals surface area (Å²) in [5, 5.41) is 0.536. The molecular weight excluding hydrogens is 349 g/mol. The second kappa shape index (κ2) is 6.27. The van der Waals surface area contributed by atoms with Crippen molar-refractivity contribution in [3.8, 4) is 0 Å². The van der Waals surface area contributed by atoms with Crippen LogP contribution < -0.4 is 4.72 Å². The highest BCUT2D eigenvalue weighted by Gasteiger charge is 2.16. The van der Waals surface area contributed by atoms with Crippen molar-refractivity contribution in [2.75, 3.05) is 16.4 Å². The lowest BCUT2D eigenvalue weighted by Crippen LogP contribution is -2.22. The number of hydrogen-bond acceptors (Lipinski definition) is 2. The predicted molar refractivity (Wildman–Crippen MR) is 76.4 cm³/mol. The molecule has 0 heterocycles. The van der Waals surface area contributed by atoms with Crippen molar-refractivity contribution >= 4 is 54.8 Å². The van der Waals surface area contributed by atoms with Crippen molar-refractivity contribution in [2.24, 2.45) is 5.92 Å². The molecule has 0 fully saturated rings. The summed E-state index contributed by atoms with van der Waals surface area (Å²) in [6.45, 7) is 1.78. The first-order chi connectivity index (χ1) is 7.84. The van der Waals surface area contributed by atoms with Crippen LogP contribution in [0, 0.1) is 5.92 Å². The van der Waals surface area contributed by atoms with E-state index in [0.29, 0.717) is 21.1 Å². The number of rotatable bonds is 5. The molecule has 0 saturated carbocycles. The summed E-state index contributed by atoms with van der Waals surface area (Å²) in [5.74, 6) is 0.203. The fourth-order valence-electron chi connectivity index (χ4n) is 1.20. The third-order valence-electron chi connectivity index (χ3n) is 1.96. The van der Waals surface area contributed by atoms with Crippen molar-refractivity contribution < 1.29 is 8.42 Å². The minimum atomic E-state index is -3.39. The Bertz CT molecular complexity index is 493. The Morgan fingerprint density at radius 2 is 2.12 bits per heavy atom. The molecule has 1 N–H and O–H groups in total. The van der Waals surface area contributed by atoms with E-state index in [0.717, 1.165) is 0 Å². The monoisotopic (exact) mass is 359 g/mol. The van der Waals surface area contributed by atoms with Crippen LogP contribution in [0.2, 0.25) is 5.02 Å². The molecule has 0 aromatic heterocycles. The van der Waals surface area contributed by atoms with Crippen LogP contribution in [-0.2, 0) is 10.0 Å². The molecule has 1 aromatic rings. The topological polar surface area (TPSA) is 46.2 Å². The van der Waals surface area contributed by atoms with Crippen LogP contribution in [0.4, 0.5) is 5.69 Å². The van der Waals surface area contributed by atoms with Gasteiger partial charge >= 0.3 is 0 Å². The quantitative estimate of drug-likeness (QED) is 0.813. The van der Waals surface area contributed by atoms with Gasteiger partial charge in [0.2, 0.25) is 10.0 Å². The van der Waals surface area contributed by atoms with Crippen molar-refractivity contribution in [1.82, 2.24) is 0 Å². The van der Waals surface area contributed by atoms with Gasteiger partial charge in [0.25, 0.3) is 0 Å². The molecule has 0 amide bonds. The maximum atomic E-state index is 11.8. The molecule has 17 heavy (non-hydrogen) atoms. The van der Waals surface area contributed by atoms with Crippen LogP contribution in [0.3, 0.4) is 0 Å². The molecule has 0 spiro atoms. The average molecular weight is 361 g/mol. The van der Waals surface area contributed by atoms with E-state index in [1.54, 1.807) is 25.1 Å². The van der Waals surface area contributed by atoms with Gasteiger partial charge in [-0.15, -0.1) is 11.6 Å². The minimum absolute atomic E-state index is 0.00837. The molecule has 0 radical (unpaired) electrons. The number of alkyl halides is 1. The molecular formula is C10H12BrCl2NO2S. The van der Waals surface area contributed by atoms with Gasteiger partial charge in [0.05, 0.1) is 11.4 Å². The lowest BCUT2D eigenvalue weighted by atomic mass is 10.3. The molecule has 96 valence electrons. The van der Waals surface area contributed by atoms with Gasteiger partial charge < -0.3 is 0 Å². The molecule has 1 aromatic carbocycles. The second-order valence-electron chi connectivity index (χ2n) is 3.77. The number of benzene rings is 1.